The summed E-state index contributed by atoms with van der Waals surface area (Å²) in [5, 5.41) is 6.31. The Hall–Kier alpha value is -2.92. The lowest BCUT2D eigenvalue weighted by atomic mass is 10.0. The lowest BCUT2D eigenvalue weighted by Gasteiger charge is -2.11. The number of aryl methyl sites for hydroxylation is 1. The summed E-state index contributed by atoms with van der Waals surface area (Å²) in [6, 6.07) is 14.3. The van der Waals surface area contributed by atoms with Crippen LogP contribution in [-0.4, -0.2) is 47.5 Å². The van der Waals surface area contributed by atoms with Gasteiger partial charge in [0.05, 0.1) is 16.6 Å². The SMILES string of the molecule is CN(C)CCCNC(=O)c1cc2c3ccccc3n(C)c2c2cccnc12. The number of pyridine rings is 1. The average Bonchev–Trinajstić information content (AvgIpc) is 2.97. The van der Waals surface area contributed by atoms with Gasteiger partial charge in [0.25, 0.3) is 5.91 Å². The molecule has 0 spiro atoms. The van der Waals surface area contributed by atoms with Crippen molar-refractivity contribution in [3.05, 3.63) is 54.2 Å². The van der Waals surface area contributed by atoms with Gasteiger partial charge in [-0.25, -0.2) is 0 Å². The van der Waals surface area contributed by atoms with Crippen molar-refractivity contribution in [2.24, 2.45) is 7.05 Å². The van der Waals surface area contributed by atoms with Crippen molar-refractivity contribution < 1.29 is 4.79 Å². The third kappa shape index (κ3) is 3.04. The van der Waals surface area contributed by atoms with Crippen molar-refractivity contribution in [2.45, 2.75) is 6.42 Å². The number of benzene rings is 2. The Kier molecular flexibility index (Phi) is 4.54. The number of amides is 1. The van der Waals surface area contributed by atoms with Crippen LogP contribution in [0, 0.1) is 0 Å². The summed E-state index contributed by atoms with van der Waals surface area (Å²) in [7, 11) is 6.14. The molecule has 0 saturated heterocycles. The van der Waals surface area contributed by atoms with Gasteiger partial charge in [-0.15, -0.1) is 0 Å². The van der Waals surface area contributed by atoms with Crippen LogP contribution in [0.3, 0.4) is 0 Å². The molecule has 0 unspecified atom stereocenters. The number of rotatable bonds is 5. The van der Waals surface area contributed by atoms with Crippen LogP contribution in [0.1, 0.15) is 16.8 Å². The summed E-state index contributed by atoms with van der Waals surface area (Å²) in [4.78, 5) is 19.6. The zero-order valence-electron chi connectivity index (χ0n) is 16.0. The molecule has 1 amide bonds. The van der Waals surface area contributed by atoms with Crippen LogP contribution >= 0.6 is 0 Å². The third-order valence-electron chi connectivity index (χ3n) is 5.07. The maximum atomic E-state index is 12.9. The number of carbonyl (C=O) groups is 1. The number of para-hydroxylation sites is 1. The van der Waals surface area contributed by atoms with E-state index in [0.717, 1.165) is 45.7 Å². The summed E-state index contributed by atoms with van der Waals surface area (Å²) < 4.78 is 2.19. The van der Waals surface area contributed by atoms with Crippen LogP contribution in [0.4, 0.5) is 0 Å². The molecule has 0 saturated carbocycles. The Morgan fingerprint density at radius 1 is 1.11 bits per heavy atom. The molecular formula is C22H24N4O. The smallest absolute Gasteiger partial charge is 0.253 e. The number of hydrogen-bond acceptors (Lipinski definition) is 3. The van der Waals surface area contributed by atoms with E-state index in [2.05, 4.69) is 38.9 Å². The average molecular weight is 360 g/mol. The molecule has 2 aromatic heterocycles. The zero-order chi connectivity index (χ0) is 19.0. The van der Waals surface area contributed by atoms with E-state index in [0.29, 0.717) is 12.1 Å². The second-order valence-electron chi connectivity index (χ2n) is 7.21. The van der Waals surface area contributed by atoms with Gasteiger partial charge in [-0.3, -0.25) is 9.78 Å². The summed E-state index contributed by atoms with van der Waals surface area (Å²) in [5.74, 6) is -0.0627. The van der Waals surface area contributed by atoms with Gasteiger partial charge in [0.15, 0.2) is 0 Å². The van der Waals surface area contributed by atoms with E-state index in [1.807, 2.05) is 44.4 Å². The third-order valence-corrected chi connectivity index (χ3v) is 5.07. The highest BCUT2D eigenvalue weighted by Crippen LogP contribution is 2.34. The molecule has 4 rings (SSSR count). The summed E-state index contributed by atoms with van der Waals surface area (Å²) >= 11 is 0. The molecule has 0 fully saturated rings. The quantitative estimate of drug-likeness (QED) is 0.554. The molecule has 5 heteroatoms. The van der Waals surface area contributed by atoms with E-state index in [9.17, 15) is 4.79 Å². The number of carbonyl (C=O) groups excluding carboxylic acids is 1. The Morgan fingerprint density at radius 3 is 2.70 bits per heavy atom. The molecule has 1 N–H and O–H groups in total. The first kappa shape index (κ1) is 17.5. The van der Waals surface area contributed by atoms with Crippen LogP contribution in [0.25, 0.3) is 32.7 Å². The molecule has 27 heavy (non-hydrogen) atoms. The molecule has 138 valence electrons. The molecule has 5 nitrogen and oxygen atoms in total. The fourth-order valence-corrected chi connectivity index (χ4v) is 3.78. The van der Waals surface area contributed by atoms with Crippen molar-refractivity contribution in [3.8, 4) is 0 Å². The maximum Gasteiger partial charge on any atom is 0.253 e. The van der Waals surface area contributed by atoms with Crippen molar-refractivity contribution in [1.82, 2.24) is 19.8 Å². The predicted octanol–water partition coefficient (Wildman–Crippen LogP) is 3.56. The Morgan fingerprint density at radius 2 is 1.89 bits per heavy atom. The molecule has 2 heterocycles. The number of aromatic nitrogens is 2. The van der Waals surface area contributed by atoms with E-state index < -0.39 is 0 Å². The monoisotopic (exact) mass is 360 g/mol. The minimum absolute atomic E-state index is 0.0627. The second-order valence-corrected chi connectivity index (χ2v) is 7.21. The maximum absolute atomic E-state index is 12.9. The van der Waals surface area contributed by atoms with Gasteiger partial charge in [0, 0.05) is 41.5 Å². The van der Waals surface area contributed by atoms with Gasteiger partial charge in [-0.05, 0) is 51.3 Å². The molecule has 0 atom stereocenters. The van der Waals surface area contributed by atoms with Crippen LogP contribution in [0.15, 0.2) is 48.7 Å². The molecule has 0 radical (unpaired) electrons. The van der Waals surface area contributed by atoms with E-state index >= 15 is 0 Å². The lowest BCUT2D eigenvalue weighted by molar-refractivity contribution is 0.0954. The van der Waals surface area contributed by atoms with Crippen LogP contribution in [0.5, 0.6) is 0 Å². The molecule has 0 aliphatic carbocycles. The molecule has 2 aromatic carbocycles. The van der Waals surface area contributed by atoms with Gasteiger partial charge in [-0.2, -0.15) is 0 Å². The topological polar surface area (TPSA) is 50.2 Å². The Bertz CT molecular complexity index is 1140. The summed E-state index contributed by atoms with van der Waals surface area (Å²) in [6.07, 6.45) is 2.67. The fourth-order valence-electron chi connectivity index (χ4n) is 3.78. The van der Waals surface area contributed by atoms with Crippen molar-refractivity contribution in [2.75, 3.05) is 27.2 Å². The highest BCUT2D eigenvalue weighted by Gasteiger charge is 2.18. The highest BCUT2D eigenvalue weighted by atomic mass is 16.1. The van der Waals surface area contributed by atoms with Crippen LogP contribution in [-0.2, 0) is 7.05 Å². The normalized spacial score (nSPS) is 11.7. The highest BCUT2D eigenvalue weighted by molar-refractivity contribution is 6.21. The first-order valence-electron chi connectivity index (χ1n) is 9.25. The van der Waals surface area contributed by atoms with Gasteiger partial charge >= 0.3 is 0 Å². The molecular weight excluding hydrogens is 336 g/mol. The number of hydrogen-bond donors (Lipinski definition) is 1. The Balaban J connectivity index is 1.85. The minimum atomic E-state index is -0.0627. The van der Waals surface area contributed by atoms with Gasteiger partial charge in [0.2, 0.25) is 0 Å². The van der Waals surface area contributed by atoms with Crippen LogP contribution in [0.2, 0.25) is 0 Å². The van der Waals surface area contributed by atoms with E-state index in [4.69, 9.17) is 0 Å². The van der Waals surface area contributed by atoms with Gasteiger partial charge in [0.1, 0.15) is 0 Å². The second kappa shape index (κ2) is 7.00. The van der Waals surface area contributed by atoms with Crippen molar-refractivity contribution in [3.63, 3.8) is 0 Å². The summed E-state index contributed by atoms with van der Waals surface area (Å²) in [5.41, 5.74) is 3.66. The van der Waals surface area contributed by atoms with E-state index in [-0.39, 0.29) is 5.91 Å². The van der Waals surface area contributed by atoms with Gasteiger partial charge in [-0.1, -0.05) is 18.2 Å². The lowest BCUT2D eigenvalue weighted by Crippen LogP contribution is -2.27. The standard InChI is InChI=1S/C22H24N4O/c1-25(2)13-7-12-24-22(27)18-14-17-15-8-4-5-10-19(15)26(3)21(17)16-9-6-11-23-20(16)18/h4-6,8-11,14H,7,12-13H2,1-3H3,(H,24,27). The van der Waals surface area contributed by atoms with Crippen LogP contribution < -0.4 is 5.32 Å². The molecule has 4 aromatic rings. The zero-order valence-corrected chi connectivity index (χ0v) is 16.0. The Labute approximate surface area is 158 Å². The fraction of sp³-hybridized carbons (Fsp3) is 0.273. The predicted molar refractivity (Wildman–Crippen MR) is 111 cm³/mol. The molecule has 0 aliphatic heterocycles. The summed E-state index contributed by atoms with van der Waals surface area (Å²) in [6.45, 7) is 1.60. The number of fused-ring (bicyclic) bond motifs is 5. The first-order valence-corrected chi connectivity index (χ1v) is 9.25. The number of nitrogens with one attached hydrogen (secondary N) is 1. The van der Waals surface area contributed by atoms with E-state index in [1.54, 1.807) is 6.20 Å². The van der Waals surface area contributed by atoms with Gasteiger partial charge < -0.3 is 14.8 Å². The van der Waals surface area contributed by atoms with Crippen molar-refractivity contribution >= 4 is 38.6 Å². The minimum Gasteiger partial charge on any atom is -0.352 e. The van der Waals surface area contributed by atoms with Crippen molar-refractivity contribution in [1.29, 1.82) is 0 Å². The molecule has 0 aliphatic rings. The van der Waals surface area contributed by atoms with E-state index in [1.165, 1.54) is 0 Å². The number of nitrogens with zero attached hydrogens (tertiary/aromatic N) is 3. The largest absolute Gasteiger partial charge is 0.352 e. The first-order chi connectivity index (χ1) is 13.1. The molecule has 0 bridgehead atoms.